The smallest absolute Gasteiger partial charge is 0.211 e. The fraction of sp³-hybridized carbons (Fsp3) is 0.500. The molecule has 1 aromatic carbocycles. The molecule has 0 radical (unpaired) electrons. The average molecular weight is 431 g/mol. The minimum atomic E-state index is -3.47. The highest BCUT2D eigenvalue weighted by atomic mass is 79.9. The molecule has 0 aromatic heterocycles. The SMILES string of the molecule is CSC(C)CCNS(=O)(=O)c1cc(Br)c(C)cc1Br. The predicted molar refractivity (Wildman–Crippen MR) is 89.4 cm³/mol. The Balaban J connectivity index is 2.86. The van der Waals surface area contributed by atoms with Gasteiger partial charge in [0.05, 0.1) is 4.90 Å². The molecule has 7 heteroatoms. The van der Waals surface area contributed by atoms with E-state index in [1.807, 2.05) is 13.2 Å². The monoisotopic (exact) mass is 429 g/mol. The highest BCUT2D eigenvalue weighted by molar-refractivity contribution is 9.11. The van der Waals surface area contributed by atoms with Gasteiger partial charge in [0.25, 0.3) is 0 Å². The number of hydrogen-bond donors (Lipinski definition) is 1. The molecular weight excluding hydrogens is 414 g/mol. The van der Waals surface area contributed by atoms with Crippen LogP contribution in [0.1, 0.15) is 18.9 Å². The summed E-state index contributed by atoms with van der Waals surface area (Å²) in [5.41, 5.74) is 0.988. The number of aryl methyl sites for hydroxylation is 1. The van der Waals surface area contributed by atoms with E-state index in [-0.39, 0.29) is 4.90 Å². The Kier molecular flexibility index (Phi) is 6.86. The molecular formula is C12H17Br2NO2S2. The summed E-state index contributed by atoms with van der Waals surface area (Å²) in [5, 5.41) is 0.441. The summed E-state index contributed by atoms with van der Waals surface area (Å²) < 4.78 is 28.4. The highest BCUT2D eigenvalue weighted by Crippen LogP contribution is 2.28. The first kappa shape index (κ1) is 17.5. The zero-order valence-electron chi connectivity index (χ0n) is 11.0. The van der Waals surface area contributed by atoms with E-state index < -0.39 is 10.0 Å². The summed E-state index contributed by atoms with van der Waals surface area (Å²) in [4.78, 5) is 0.266. The molecule has 0 heterocycles. The van der Waals surface area contributed by atoms with Crippen LogP contribution in [0.5, 0.6) is 0 Å². The van der Waals surface area contributed by atoms with E-state index in [1.165, 1.54) is 0 Å². The number of sulfonamides is 1. The van der Waals surface area contributed by atoms with Gasteiger partial charge in [-0.3, -0.25) is 0 Å². The molecule has 0 aliphatic heterocycles. The zero-order valence-corrected chi connectivity index (χ0v) is 15.8. The van der Waals surface area contributed by atoms with Crippen molar-refractivity contribution in [2.75, 3.05) is 12.8 Å². The molecule has 19 heavy (non-hydrogen) atoms. The lowest BCUT2D eigenvalue weighted by Crippen LogP contribution is -2.26. The summed E-state index contributed by atoms with van der Waals surface area (Å²) in [6.45, 7) is 4.44. The molecule has 0 bridgehead atoms. The van der Waals surface area contributed by atoms with Crippen molar-refractivity contribution in [3.05, 3.63) is 26.6 Å². The summed E-state index contributed by atoms with van der Waals surface area (Å²) in [6.07, 6.45) is 2.83. The van der Waals surface area contributed by atoms with E-state index in [0.29, 0.717) is 16.3 Å². The first-order valence-corrected chi connectivity index (χ1v) is 10.1. The Labute approximate surface area is 136 Å². The highest BCUT2D eigenvalue weighted by Gasteiger charge is 2.18. The lowest BCUT2D eigenvalue weighted by atomic mass is 10.2. The molecule has 0 aliphatic carbocycles. The number of halogens is 2. The molecule has 108 valence electrons. The minimum absolute atomic E-state index is 0.266. The van der Waals surface area contributed by atoms with E-state index in [4.69, 9.17) is 0 Å². The molecule has 0 spiro atoms. The average Bonchev–Trinajstić information content (AvgIpc) is 2.33. The number of thioether (sulfide) groups is 1. The molecule has 1 atom stereocenters. The molecule has 1 aromatic rings. The lowest BCUT2D eigenvalue weighted by Gasteiger charge is -2.12. The normalized spacial score (nSPS) is 13.5. The van der Waals surface area contributed by atoms with E-state index in [1.54, 1.807) is 23.9 Å². The fourth-order valence-electron chi connectivity index (χ4n) is 1.43. The van der Waals surface area contributed by atoms with Crippen molar-refractivity contribution in [2.45, 2.75) is 30.4 Å². The van der Waals surface area contributed by atoms with Gasteiger partial charge >= 0.3 is 0 Å². The van der Waals surface area contributed by atoms with Crippen LogP contribution >= 0.6 is 43.6 Å². The third-order valence-electron chi connectivity index (χ3n) is 2.75. The fourth-order valence-corrected chi connectivity index (χ4v) is 4.50. The zero-order chi connectivity index (χ0) is 14.6. The van der Waals surface area contributed by atoms with Crippen LogP contribution in [-0.2, 0) is 10.0 Å². The molecule has 0 saturated heterocycles. The van der Waals surface area contributed by atoms with Crippen LogP contribution in [0.15, 0.2) is 26.0 Å². The standard InChI is InChI=1S/C12H17Br2NO2S2/c1-8-6-11(14)12(7-10(8)13)19(16,17)15-5-4-9(2)18-3/h6-7,9,15H,4-5H2,1-3H3. The molecule has 1 unspecified atom stereocenters. The van der Waals surface area contributed by atoms with Crippen LogP contribution < -0.4 is 4.72 Å². The largest absolute Gasteiger partial charge is 0.241 e. The van der Waals surface area contributed by atoms with Crippen LogP contribution in [0.2, 0.25) is 0 Å². The number of hydrogen-bond acceptors (Lipinski definition) is 3. The Morgan fingerprint density at radius 3 is 2.53 bits per heavy atom. The first-order valence-electron chi connectivity index (χ1n) is 5.76. The van der Waals surface area contributed by atoms with E-state index in [2.05, 4.69) is 43.5 Å². The third kappa shape index (κ3) is 5.04. The van der Waals surface area contributed by atoms with Crippen LogP contribution in [-0.4, -0.2) is 26.5 Å². The molecule has 1 N–H and O–H groups in total. The molecule has 0 fully saturated rings. The summed E-state index contributed by atoms with van der Waals surface area (Å²) in [6, 6.07) is 3.42. The van der Waals surface area contributed by atoms with Crippen molar-refractivity contribution in [1.82, 2.24) is 4.72 Å². The van der Waals surface area contributed by atoms with Gasteiger partial charge in [-0.2, -0.15) is 11.8 Å². The van der Waals surface area contributed by atoms with Crippen molar-refractivity contribution in [3.63, 3.8) is 0 Å². The second-order valence-electron chi connectivity index (χ2n) is 4.26. The number of rotatable bonds is 6. The number of benzene rings is 1. The Morgan fingerprint density at radius 2 is 1.95 bits per heavy atom. The van der Waals surface area contributed by atoms with Crippen LogP contribution in [0.4, 0.5) is 0 Å². The van der Waals surface area contributed by atoms with Crippen LogP contribution in [0.25, 0.3) is 0 Å². The maximum Gasteiger partial charge on any atom is 0.241 e. The summed E-state index contributed by atoms with van der Waals surface area (Å²) >= 11 is 8.39. The quantitative estimate of drug-likeness (QED) is 0.743. The topological polar surface area (TPSA) is 46.2 Å². The maximum atomic E-state index is 12.2. The van der Waals surface area contributed by atoms with E-state index in [9.17, 15) is 8.42 Å². The second-order valence-corrected chi connectivity index (χ2v) is 8.98. The van der Waals surface area contributed by atoms with Gasteiger partial charge < -0.3 is 0 Å². The van der Waals surface area contributed by atoms with Gasteiger partial charge in [-0.25, -0.2) is 13.1 Å². The molecule has 0 aliphatic rings. The first-order chi connectivity index (χ1) is 8.77. The van der Waals surface area contributed by atoms with Gasteiger partial charge in [0.15, 0.2) is 0 Å². The Morgan fingerprint density at radius 1 is 1.32 bits per heavy atom. The summed E-state index contributed by atoms with van der Waals surface area (Å²) in [5.74, 6) is 0. The predicted octanol–water partition coefficient (Wildman–Crippen LogP) is 3.94. The van der Waals surface area contributed by atoms with Crippen molar-refractivity contribution in [2.24, 2.45) is 0 Å². The van der Waals surface area contributed by atoms with E-state index >= 15 is 0 Å². The van der Waals surface area contributed by atoms with Crippen molar-refractivity contribution < 1.29 is 8.42 Å². The van der Waals surface area contributed by atoms with Crippen molar-refractivity contribution in [1.29, 1.82) is 0 Å². The van der Waals surface area contributed by atoms with Crippen LogP contribution in [0, 0.1) is 6.92 Å². The van der Waals surface area contributed by atoms with Gasteiger partial charge in [-0.05, 0) is 53.2 Å². The van der Waals surface area contributed by atoms with Crippen molar-refractivity contribution in [3.8, 4) is 0 Å². The Bertz CT molecular complexity index is 547. The van der Waals surface area contributed by atoms with Crippen LogP contribution in [0.3, 0.4) is 0 Å². The number of nitrogens with one attached hydrogen (secondary N) is 1. The lowest BCUT2D eigenvalue weighted by molar-refractivity contribution is 0.578. The van der Waals surface area contributed by atoms with Crippen molar-refractivity contribution >= 4 is 53.6 Å². The van der Waals surface area contributed by atoms with Gasteiger partial charge in [0.1, 0.15) is 0 Å². The summed E-state index contributed by atoms with van der Waals surface area (Å²) in [7, 11) is -3.47. The molecule has 0 saturated carbocycles. The molecule has 1 rings (SSSR count). The van der Waals surface area contributed by atoms with E-state index in [0.717, 1.165) is 16.5 Å². The molecule has 3 nitrogen and oxygen atoms in total. The second kappa shape index (κ2) is 7.45. The maximum absolute atomic E-state index is 12.2. The Hall–Kier alpha value is 0.440. The van der Waals surface area contributed by atoms with Gasteiger partial charge in [-0.15, -0.1) is 0 Å². The minimum Gasteiger partial charge on any atom is -0.211 e. The van der Waals surface area contributed by atoms with Gasteiger partial charge in [0.2, 0.25) is 10.0 Å². The van der Waals surface area contributed by atoms with Gasteiger partial charge in [0, 0.05) is 20.7 Å². The third-order valence-corrected chi connectivity index (χ3v) is 7.06. The molecule has 0 amide bonds. The van der Waals surface area contributed by atoms with Gasteiger partial charge in [-0.1, -0.05) is 22.9 Å².